The average molecular weight is 624 g/mol. The number of ether oxygens (including phenoxy) is 2. The number of para-hydroxylation sites is 2. The van der Waals surface area contributed by atoms with Crippen LogP contribution in [0.15, 0.2) is 52.2 Å². The van der Waals surface area contributed by atoms with E-state index >= 15 is 0 Å². The fraction of sp³-hybridized carbons (Fsp3) is 0.367. The van der Waals surface area contributed by atoms with Gasteiger partial charge in [-0.1, -0.05) is 30.3 Å². The van der Waals surface area contributed by atoms with Crippen molar-refractivity contribution in [3.8, 4) is 11.4 Å². The second-order valence-corrected chi connectivity index (χ2v) is 12.2. The Balaban J connectivity index is 1.39. The van der Waals surface area contributed by atoms with E-state index in [4.69, 9.17) is 13.9 Å². The van der Waals surface area contributed by atoms with E-state index in [2.05, 4.69) is 20.8 Å². The molecule has 43 heavy (non-hydrogen) atoms. The molecule has 2 amide bonds. The number of esters is 1. The van der Waals surface area contributed by atoms with Crippen molar-refractivity contribution < 1.29 is 28.3 Å². The Bertz CT molecular complexity index is 1600. The number of amides is 2. The van der Waals surface area contributed by atoms with Gasteiger partial charge in [0, 0.05) is 4.88 Å². The number of hydrogen-bond donors (Lipinski definition) is 2. The smallest absolute Gasteiger partial charge is 0.341 e. The number of anilines is 1. The van der Waals surface area contributed by atoms with E-state index < -0.39 is 17.1 Å². The lowest BCUT2D eigenvalue weighted by atomic mass is 10.1. The number of thioether (sulfide) groups is 1. The standard InChI is InChI=1S/C30H33N5O6S2/c1-4-40-29(38)25-19-11-6-5-7-15-23(19)43-28(25)32-26(36)18(2)42-30-34-33-24(17-31-27(37)22-14-10-16-41-22)35(30)20-12-8-9-13-21(20)39-3/h8-10,12-14,16,18H,4-7,11,15,17H2,1-3H3,(H,31,37)(H,32,36)/t18-/m0/s1. The van der Waals surface area contributed by atoms with E-state index in [9.17, 15) is 14.4 Å². The number of carbonyl (C=O) groups is 3. The molecule has 0 unspecified atom stereocenters. The van der Waals surface area contributed by atoms with E-state index in [1.807, 2.05) is 24.3 Å². The summed E-state index contributed by atoms with van der Waals surface area (Å²) in [7, 11) is 1.56. The molecule has 1 atom stereocenters. The monoisotopic (exact) mass is 623 g/mol. The maximum Gasteiger partial charge on any atom is 0.341 e. The van der Waals surface area contributed by atoms with Gasteiger partial charge in [0.2, 0.25) is 5.91 Å². The molecule has 0 fully saturated rings. The normalized spacial score (nSPS) is 13.5. The van der Waals surface area contributed by atoms with Gasteiger partial charge in [-0.3, -0.25) is 14.2 Å². The fourth-order valence-corrected chi connectivity index (χ4v) is 7.04. The van der Waals surface area contributed by atoms with Crippen molar-refractivity contribution in [3.63, 3.8) is 0 Å². The number of nitrogens with one attached hydrogen (secondary N) is 2. The first-order chi connectivity index (χ1) is 20.9. The number of fused-ring (bicyclic) bond motifs is 1. The largest absolute Gasteiger partial charge is 0.495 e. The van der Waals surface area contributed by atoms with Crippen molar-refractivity contribution in [2.75, 3.05) is 19.0 Å². The number of nitrogens with zero attached hydrogens (tertiary/aromatic N) is 3. The van der Waals surface area contributed by atoms with Crippen LogP contribution in [0.3, 0.4) is 0 Å². The number of benzene rings is 1. The molecule has 226 valence electrons. The Kier molecular flexibility index (Phi) is 9.82. The van der Waals surface area contributed by atoms with E-state index in [0.29, 0.717) is 33.0 Å². The summed E-state index contributed by atoms with van der Waals surface area (Å²) in [6.45, 7) is 3.85. The zero-order valence-electron chi connectivity index (χ0n) is 24.2. The number of thiophene rings is 1. The van der Waals surface area contributed by atoms with Gasteiger partial charge in [0.1, 0.15) is 10.8 Å². The first kappa shape index (κ1) is 30.4. The number of rotatable bonds is 11. The number of furan rings is 1. The van der Waals surface area contributed by atoms with Crippen molar-refractivity contribution in [2.45, 2.75) is 62.9 Å². The molecule has 1 aliphatic rings. The van der Waals surface area contributed by atoms with Gasteiger partial charge in [0.05, 0.1) is 43.0 Å². The van der Waals surface area contributed by atoms with Crippen molar-refractivity contribution in [2.24, 2.45) is 0 Å². The number of hydrogen-bond acceptors (Lipinski definition) is 10. The molecule has 3 aromatic heterocycles. The van der Waals surface area contributed by atoms with Gasteiger partial charge >= 0.3 is 5.97 Å². The average Bonchev–Trinajstić information content (AvgIpc) is 3.72. The molecule has 3 heterocycles. The molecule has 13 heteroatoms. The lowest BCUT2D eigenvalue weighted by Gasteiger charge is -2.16. The van der Waals surface area contributed by atoms with E-state index in [1.54, 1.807) is 37.7 Å². The van der Waals surface area contributed by atoms with E-state index in [-0.39, 0.29) is 24.8 Å². The van der Waals surface area contributed by atoms with Crippen molar-refractivity contribution >= 4 is 45.9 Å². The highest BCUT2D eigenvalue weighted by molar-refractivity contribution is 8.00. The Hall–Kier alpha value is -4.10. The molecule has 4 aromatic rings. The third kappa shape index (κ3) is 6.78. The highest BCUT2D eigenvalue weighted by atomic mass is 32.2. The summed E-state index contributed by atoms with van der Waals surface area (Å²) in [6.07, 6.45) is 6.27. The minimum atomic E-state index is -0.611. The molecule has 2 N–H and O–H groups in total. The zero-order chi connectivity index (χ0) is 30.3. The predicted octanol–water partition coefficient (Wildman–Crippen LogP) is 5.43. The molecule has 0 saturated heterocycles. The maximum absolute atomic E-state index is 13.5. The van der Waals surface area contributed by atoms with Gasteiger partial charge < -0.3 is 24.5 Å². The van der Waals surface area contributed by atoms with Crippen LogP contribution in [-0.2, 0) is 28.9 Å². The molecule has 0 bridgehead atoms. The van der Waals surface area contributed by atoms with Crippen LogP contribution in [-0.4, -0.2) is 51.5 Å². The van der Waals surface area contributed by atoms with Crippen LogP contribution in [0.1, 0.15) is 70.3 Å². The van der Waals surface area contributed by atoms with E-state index in [1.165, 1.54) is 29.4 Å². The SMILES string of the molecule is CCOC(=O)c1c(NC(=O)[C@H](C)Sc2nnc(CNC(=O)c3ccco3)n2-c2ccccc2OC)sc2c1CCCCC2. The summed E-state index contributed by atoms with van der Waals surface area (Å²) in [5, 5.41) is 14.8. The van der Waals surface area contributed by atoms with Crippen molar-refractivity contribution in [3.05, 3.63) is 70.3 Å². The Morgan fingerprint density at radius 1 is 1.12 bits per heavy atom. The molecule has 0 radical (unpaired) electrons. The molecule has 1 aromatic carbocycles. The Labute approximate surface area is 257 Å². The molecule has 0 saturated carbocycles. The van der Waals surface area contributed by atoms with Crippen molar-refractivity contribution in [1.82, 2.24) is 20.1 Å². The molecule has 11 nitrogen and oxygen atoms in total. The van der Waals surface area contributed by atoms with Crippen LogP contribution >= 0.6 is 23.1 Å². The Morgan fingerprint density at radius 3 is 2.70 bits per heavy atom. The van der Waals surface area contributed by atoms with Gasteiger partial charge in [-0.25, -0.2) is 4.79 Å². The third-order valence-corrected chi connectivity index (χ3v) is 9.22. The highest BCUT2D eigenvalue weighted by Gasteiger charge is 2.29. The van der Waals surface area contributed by atoms with Crippen LogP contribution in [0, 0.1) is 0 Å². The number of aromatic nitrogens is 3. The lowest BCUT2D eigenvalue weighted by molar-refractivity contribution is -0.115. The first-order valence-corrected chi connectivity index (χ1v) is 15.8. The van der Waals surface area contributed by atoms with Gasteiger partial charge in [-0.05, 0) is 69.4 Å². The minimum Gasteiger partial charge on any atom is -0.495 e. The van der Waals surface area contributed by atoms with Gasteiger partial charge in [0.15, 0.2) is 16.7 Å². The van der Waals surface area contributed by atoms with Crippen LogP contribution in [0.2, 0.25) is 0 Å². The topological polar surface area (TPSA) is 138 Å². The summed E-state index contributed by atoms with van der Waals surface area (Å²) in [5.41, 5.74) is 2.12. The van der Waals surface area contributed by atoms with Crippen LogP contribution in [0.4, 0.5) is 5.00 Å². The van der Waals surface area contributed by atoms with Crippen LogP contribution < -0.4 is 15.4 Å². The van der Waals surface area contributed by atoms with Gasteiger partial charge in [0.25, 0.3) is 5.91 Å². The summed E-state index contributed by atoms with van der Waals surface area (Å²) in [5.74, 6) is 0.0959. The van der Waals surface area contributed by atoms with Crippen molar-refractivity contribution in [1.29, 1.82) is 0 Å². The third-order valence-electron chi connectivity index (χ3n) is 6.97. The maximum atomic E-state index is 13.5. The highest BCUT2D eigenvalue weighted by Crippen LogP contribution is 2.39. The van der Waals surface area contributed by atoms with Crippen LogP contribution in [0.25, 0.3) is 5.69 Å². The molecule has 0 spiro atoms. The van der Waals surface area contributed by atoms with Gasteiger partial charge in [-0.2, -0.15) is 0 Å². The second-order valence-electron chi connectivity index (χ2n) is 9.80. The summed E-state index contributed by atoms with van der Waals surface area (Å²) >= 11 is 2.67. The summed E-state index contributed by atoms with van der Waals surface area (Å²) < 4.78 is 17.9. The number of carbonyl (C=O) groups excluding carboxylic acids is 3. The molecular formula is C30H33N5O6S2. The zero-order valence-corrected chi connectivity index (χ0v) is 25.8. The molecular weight excluding hydrogens is 590 g/mol. The predicted molar refractivity (Wildman–Crippen MR) is 163 cm³/mol. The molecule has 5 rings (SSSR count). The van der Waals surface area contributed by atoms with E-state index in [0.717, 1.165) is 42.5 Å². The number of aryl methyl sites for hydroxylation is 1. The summed E-state index contributed by atoms with van der Waals surface area (Å²) in [6, 6.07) is 10.6. The Morgan fingerprint density at radius 2 is 1.93 bits per heavy atom. The minimum absolute atomic E-state index is 0.0510. The molecule has 1 aliphatic carbocycles. The van der Waals surface area contributed by atoms with Gasteiger partial charge in [-0.15, -0.1) is 21.5 Å². The molecule has 0 aliphatic heterocycles. The summed E-state index contributed by atoms with van der Waals surface area (Å²) in [4.78, 5) is 40.2. The quantitative estimate of drug-likeness (QED) is 0.127. The second kappa shape index (κ2) is 13.9. The lowest BCUT2D eigenvalue weighted by Crippen LogP contribution is -2.25. The first-order valence-electron chi connectivity index (χ1n) is 14.1. The number of methoxy groups -OCH3 is 1. The van der Waals surface area contributed by atoms with Crippen LogP contribution in [0.5, 0.6) is 5.75 Å². The fourth-order valence-electron chi connectivity index (χ4n) is 4.88.